The first-order chi connectivity index (χ1) is 7.27. The number of benzene rings is 1. The molecule has 0 heterocycles. The molecule has 0 aliphatic carbocycles. The van der Waals surface area contributed by atoms with Crippen LogP contribution in [0.15, 0.2) is 30.3 Å². The first-order valence-corrected chi connectivity index (χ1v) is 5.23. The van der Waals surface area contributed by atoms with Crippen molar-refractivity contribution < 1.29 is 9.53 Å². The summed E-state index contributed by atoms with van der Waals surface area (Å²) in [5.41, 5.74) is 1.01. The lowest BCUT2D eigenvalue weighted by Gasteiger charge is -2.17. The Morgan fingerprint density at radius 1 is 1.20 bits per heavy atom. The van der Waals surface area contributed by atoms with Gasteiger partial charge in [0, 0.05) is 13.1 Å². The van der Waals surface area contributed by atoms with Gasteiger partial charge >= 0.3 is 6.09 Å². The van der Waals surface area contributed by atoms with E-state index in [1.807, 2.05) is 44.2 Å². The van der Waals surface area contributed by atoms with Crippen LogP contribution in [0.4, 0.5) is 4.79 Å². The molecule has 0 bridgehead atoms. The number of ether oxygens (including phenoxy) is 1. The molecule has 0 aliphatic rings. The van der Waals surface area contributed by atoms with E-state index in [-0.39, 0.29) is 6.09 Å². The Balaban J connectivity index is 2.40. The quantitative estimate of drug-likeness (QED) is 0.759. The Kier molecular flexibility index (Phi) is 4.68. The number of carbonyl (C=O) groups is 1. The minimum atomic E-state index is -0.246. The monoisotopic (exact) mass is 207 g/mol. The van der Waals surface area contributed by atoms with Crippen LogP contribution in [0.2, 0.25) is 0 Å². The second-order valence-electron chi connectivity index (χ2n) is 3.21. The maximum absolute atomic E-state index is 11.5. The molecule has 1 rings (SSSR count). The number of nitrogens with zero attached hydrogens (tertiary/aromatic N) is 1. The zero-order chi connectivity index (χ0) is 11.1. The minimum Gasteiger partial charge on any atom is -0.445 e. The van der Waals surface area contributed by atoms with Gasteiger partial charge in [0.2, 0.25) is 0 Å². The topological polar surface area (TPSA) is 29.5 Å². The van der Waals surface area contributed by atoms with Crippen molar-refractivity contribution in [3.8, 4) is 0 Å². The number of hydrogen-bond acceptors (Lipinski definition) is 2. The van der Waals surface area contributed by atoms with Gasteiger partial charge in [-0.2, -0.15) is 0 Å². The van der Waals surface area contributed by atoms with Crippen LogP contribution in [0.5, 0.6) is 0 Å². The third kappa shape index (κ3) is 3.62. The van der Waals surface area contributed by atoms with Crippen LogP contribution in [-0.4, -0.2) is 24.1 Å². The summed E-state index contributed by atoms with van der Waals surface area (Å²) in [5.74, 6) is 0. The van der Waals surface area contributed by atoms with E-state index in [1.54, 1.807) is 4.90 Å². The molecule has 0 aromatic heterocycles. The fraction of sp³-hybridized carbons (Fsp3) is 0.417. The number of rotatable bonds is 4. The van der Waals surface area contributed by atoms with Crippen LogP contribution in [0.25, 0.3) is 0 Å². The third-order valence-electron chi connectivity index (χ3n) is 2.23. The number of amides is 1. The normalized spacial score (nSPS) is 9.73. The highest BCUT2D eigenvalue weighted by molar-refractivity contribution is 5.67. The molecule has 1 amide bonds. The lowest BCUT2D eigenvalue weighted by Crippen LogP contribution is -2.30. The van der Waals surface area contributed by atoms with E-state index in [4.69, 9.17) is 4.74 Å². The van der Waals surface area contributed by atoms with Crippen molar-refractivity contribution in [3.63, 3.8) is 0 Å². The standard InChI is InChI=1S/C12H17NO2/c1-3-13(4-2)12(14)15-10-11-8-6-5-7-9-11/h5-9H,3-4,10H2,1-2H3. The van der Waals surface area contributed by atoms with Crippen molar-refractivity contribution in [1.29, 1.82) is 0 Å². The van der Waals surface area contributed by atoms with Gasteiger partial charge in [-0.05, 0) is 19.4 Å². The van der Waals surface area contributed by atoms with Gasteiger partial charge in [-0.1, -0.05) is 30.3 Å². The predicted octanol–water partition coefficient (Wildman–Crippen LogP) is 2.67. The Bertz CT molecular complexity index is 294. The van der Waals surface area contributed by atoms with Gasteiger partial charge in [-0.25, -0.2) is 4.79 Å². The molecule has 1 aromatic rings. The fourth-order valence-electron chi connectivity index (χ4n) is 1.29. The average molecular weight is 207 g/mol. The van der Waals surface area contributed by atoms with Crippen molar-refractivity contribution in [2.45, 2.75) is 20.5 Å². The number of carbonyl (C=O) groups excluding carboxylic acids is 1. The van der Waals surface area contributed by atoms with E-state index in [1.165, 1.54) is 0 Å². The first-order valence-electron chi connectivity index (χ1n) is 5.23. The van der Waals surface area contributed by atoms with E-state index in [0.29, 0.717) is 19.7 Å². The van der Waals surface area contributed by atoms with Crippen LogP contribution in [0.1, 0.15) is 19.4 Å². The molecule has 0 fully saturated rings. The molecule has 0 N–H and O–H groups in total. The molecule has 0 saturated carbocycles. The Morgan fingerprint density at radius 2 is 1.80 bits per heavy atom. The first kappa shape index (κ1) is 11.6. The molecule has 0 unspecified atom stereocenters. The van der Waals surface area contributed by atoms with Crippen LogP contribution in [0, 0.1) is 0 Å². The Hall–Kier alpha value is -1.51. The van der Waals surface area contributed by atoms with E-state index in [9.17, 15) is 4.79 Å². The second-order valence-corrected chi connectivity index (χ2v) is 3.21. The maximum Gasteiger partial charge on any atom is 0.410 e. The minimum absolute atomic E-state index is 0.246. The highest BCUT2D eigenvalue weighted by Crippen LogP contribution is 2.02. The van der Waals surface area contributed by atoms with Gasteiger partial charge < -0.3 is 9.64 Å². The Morgan fingerprint density at radius 3 is 2.33 bits per heavy atom. The van der Waals surface area contributed by atoms with Crippen LogP contribution in [-0.2, 0) is 11.3 Å². The molecule has 82 valence electrons. The Labute approximate surface area is 90.7 Å². The summed E-state index contributed by atoms with van der Waals surface area (Å²) in [6.07, 6.45) is -0.246. The molecule has 15 heavy (non-hydrogen) atoms. The molecule has 1 aromatic carbocycles. The smallest absolute Gasteiger partial charge is 0.410 e. The summed E-state index contributed by atoms with van der Waals surface area (Å²) in [6.45, 7) is 5.59. The predicted molar refractivity (Wildman–Crippen MR) is 59.5 cm³/mol. The molecule has 0 aliphatic heterocycles. The second kappa shape index (κ2) is 6.06. The summed E-state index contributed by atoms with van der Waals surface area (Å²) < 4.78 is 5.16. The maximum atomic E-state index is 11.5. The van der Waals surface area contributed by atoms with E-state index in [2.05, 4.69) is 0 Å². The van der Waals surface area contributed by atoms with Crippen molar-refractivity contribution >= 4 is 6.09 Å². The van der Waals surface area contributed by atoms with Gasteiger partial charge in [-0.15, -0.1) is 0 Å². The molecular weight excluding hydrogens is 190 g/mol. The zero-order valence-corrected chi connectivity index (χ0v) is 9.27. The zero-order valence-electron chi connectivity index (χ0n) is 9.27. The van der Waals surface area contributed by atoms with Gasteiger partial charge in [0.1, 0.15) is 6.61 Å². The summed E-state index contributed by atoms with van der Waals surface area (Å²) in [7, 11) is 0. The van der Waals surface area contributed by atoms with E-state index < -0.39 is 0 Å². The van der Waals surface area contributed by atoms with E-state index in [0.717, 1.165) is 5.56 Å². The molecule has 0 atom stereocenters. The molecular formula is C12H17NO2. The van der Waals surface area contributed by atoms with E-state index >= 15 is 0 Å². The highest BCUT2D eigenvalue weighted by atomic mass is 16.6. The molecule has 3 heteroatoms. The van der Waals surface area contributed by atoms with Crippen molar-refractivity contribution in [3.05, 3.63) is 35.9 Å². The van der Waals surface area contributed by atoms with Crippen LogP contribution in [0.3, 0.4) is 0 Å². The fourth-order valence-corrected chi connectivity index (χ4v) is 1.29. The van der Waals surface area contributed by atoms with Crippen molar-refractivity contribution in [2.75, 3.05) is 13.1 Å². The third-order valence-corrected chi connectivity index (χ3v) is 2.23. The number of hydrogen-bond donors (Lipinski definition) is 0. The summed E-state index contributed by atoms with van der Waals surface area (Å²) >= 11 is 0. The van der Waals surface area contributed by atoms with Gasteiger partial charge in [-0.3, -0.25) is 0 Å². The van der Waals surface area contributed by atoms with Crippen LogP contribution >= 0.6 is 0 Å². The van der Waals surface area contributed by atoms with Crippen molar-refractivity contribution in [2.24, 2.45) is 0 Å². The summed E-state index contributed by atoms with van der Waals surface area (Å²) in [6, 6.07) is 9.68. The van der Waals surface area contributed by atoms with Gasteiger partial charge in [0.05, 0.1) is 0 Å². The van der Waals surface area contributed by atoms with Crippen LogP contribution < -0.4 is 0 Å². The van der Waals surface area contributed by atoms with Gasteiger partial charge in [0.15, 0.2) is 0 Å². The summed E-state index contributed by atoms with van der Waals surface area (Å²) in [5, 5.41) is 0. The molecule has 0 saturated heterocycles. The largest absolute Gasteiger partial charge is 0.445 e. The highest BCUT2D eigenvalue weighted by Gasteiger charge is 2.09. The summed E-state index contributed by atoms with van der Waals surface area (Å²) in [4.78, 5) is 13.1. The average Bonchev–Trinajstić information content (AvgIpc) is 2.29. The molecule has 3 nitrogen and oxygen atoms in total. The molecule has 0 spiro atoms. The lowest BCUT2D eigenvalue weighted by molar-refractivity contribution is 0.0999. The van der Waals surface area contributed by atoms with Gasteiger partial charge in [0.25, 0.3) is 0 Å². The SMILES string of the molecule is CCN(CC)C(=O)OCc1ccccc1. The van der Waals surface area contributed by atoms with Crippen molar-refractivity contribution in [1.82, 2.24) is 4.90 Å². The molecule has 0 radical (unpaired) electrons. The lowest BCUT2D eigenvalue weighted by atomic mass is 10.2.